The van der Waals surface area contributed by atoms with Gasteiger partial charge in [0.25, 0.3) is 0 Å². The summed E-state index contributed by atoms with van der Waals surface area (Å²) in [6.45, 7) is 0. The molecule has 0 saturated carbocycles. The maximum atomic E-state index is 2.45. The van der Waals surface area contributed by atoms with Gasteiger partial charge in [-0.25, -0.2) is 0 Å². The van der Waals surface area contributed by atoms with E-state index in [0.717, 1.165) is 22.7 Å². The number of nitrogens with zero attached hydrogens (tertiary/aromatic N) is 2. The van der Waals surface area contributed by atoms with Gasteiger partial charge in [0.15, 0.2) is 0 Å². The Morgan fingerprint density at radius 1 is 0.290 bits per heavy atom. The van der Waals surface area contributed by atoms with Crippen LogP contribution in [0.15, 0.2) is 243 Å². The zero-order valence-corrected chi connectivity index (χ0v) is 34.0. The number of rotatable bonds is 7. The molecule has 0 aliphatic carbocycles. The molecule has 290 valence electrons. The van der Waals surface area contributed by atoms with Gasteiger partial charge in [0.05, 0.1) is 16.7 Å². The minimum absolute atomic E-state index is 1.09. The SMILES string of the molecule is c1ccc(-c2ccc(-c3ccc(N(c4cccc(-c5cccc6c5c5c7ccccc7ccc5n6-c5ccccc5)c4)c4cc5ccccc5c5ccccc45)cc3)cc2)cc1. The maximum absolute atomic E-state index is 2.45. The van der Waals surface area contributed by atoms with Crippen LogP contribution in [0.1, 0.15) is 0 Å². The first-order valence-corrected chi connectivity index (χ1v) is 21.3. The molecule has 0 aliphatic heterocycles. The number of hydrogen-bond donors (Lipinski definition) is 0. The first-order chi connectivity index (χ1) is 30.8. The van der Waals surface area contributed by atoms with Gasteiger partial charge in [0.1, 0.15) is 0 Å². The molecule has 0 radical (unpaired) electrons. The molecule has 62 heavy (non-hydrogen) atoms. The Kier molecular flexibility index (Phi) is 8.53. The van der Waals surface area contributed by atoms with E-state index in [4.69, 9.17) is 0 Å². The summed E-state index contributed by atoms with van der Waals surface area (Å²) in [6.07, 6.45) is 0. The van der Waals surface area contributed by atoms with Crippen molar-refractivity contribution in [3.63, 3.8) is 0 Å². The number of benzene rings is 11. The number of hydrogen-bond acceptors (Lipinski definition) is 1. The lowest BCUT2D eigenvalue weighted by atomic mass is 9.95. The van der Waals surface area contributed by atoms with Crippen LogP contribution in [-0.2, 0) is 0 Å². The highest BCUT2D eigenvalue weighted by molar-refractivity contribution is 6.25. The van der Waals surface area contributed by atoms with Crippen molar-refractivity contribution in [2.75, 3.05) is 4.90 Å². The summed E-state index contributed by atoms with van der Waals surface area (Å²) in [4.78, 5) is 2.45. The van der Waals surface area contributed by atoms with E-state index in [0.29, 0.717) is 0 Å². The fourth-order valence-electron chi connectivity index (χ4n) is 9.67. The standard InChI is InChI=1S/C60H40N2/c1-3-15-41(16-4-1)42-29-31-43(32-30-42)44-33-36-49(37-34-44)61(58-40-47-18-8-9-23-51(47)54-25-11-12-26-55(54)58)50-22-13-19-46(39-50)53-27-14-28-56-60(53)59-52-24-10-7-17-45(52)35-38-57(59)62(56)48-20-5-2-6-21-48/h1-40H. The summed E-state index contributed by atoms with van der Waals surface area (Å²) in [5.41, 5.74) is 14.1. The molecule has 0 N–H and O–H groups in total. The zero-order valence-electron chi connectivity index (χ0n) is 34.0. The number of aromatic nitrogens is 1. The summed E-state index contributed by atoms with van der Waals surface area (Å²) < 4.78 is 2.43. The van der Waals surface area contributed by atoms with Gasteiger partial charge in [-0.1, -0.05) is 188 Å². The summed E-state index contributed by atoms with van der Waals surface area (Å²) >= 11 is 0. The van der Waals surface area contributed by atoms with Crippen molar-refractivity contribution in [1.82, 2.24) is 4.57 Å². The molecule has 0 spiro atoms. The molecule has 1 heterocycles. The Balaban J connectivity index is 1.06. The zero-order chi connectivity index (χ0) is 41.0. The van der Waals surface area contributed by atoms with Gasteiger partial charge in [0, 0.05) is 33.2 Å². The van der Waals surface area contributed by atoms with Crippen LogP contribution in [0.3, 0.4) is 0 Å². The average molecular weight is 789 g/mol. The van der Waals surface area contributed by atoms with Crippen molar-refractivity contribution >= 4 is 71.2 Å². The monoisotopic (exact) mass is 788 g/mol. The average Bonchev–Trinajstić information content (AvgIpc) is 3.70. The van der Waals surface area contributed by atoms with E-state index in [1.54, 1.807) is 0 Å². The van der Waals surface area contributed by atoms with E-state index in [1.807, 2.05) is 0 Å². The lowest BCUT2D eigenvalue weighted by Gasteiger charge is -2.28. The van der Waals surface area contributed by atoms with Crippen molar-refractivity contribution in [3.05, 3.63) is 243 Å². The topological polar surface area (TPSA) is 8.17 Å². The molecule has 12 rings (SSSR count). The van der Waals surface area contributed by atoms with Crippen molar-refractivity contribution in [2.45, 2.75) is 0 Å². The van der Waals surface area contributed by atoms with E-state index in [9.17, 15) is 0 Å². The molecule has 1 aromatic heterocycles. The Morgan fingerprint density at radius 2 is 0.839 bits per heavy atom. The lowest BCUT2D eigenvalue weighted by Crippen LogP contribution is -2.11. The number of anilines is 3. The van der Waals surface area contributed by atoms with Gasteiger partial charge in [-0.2, -0.15) is 0 Å². The molecule has 0 atom stereocenters. The highest BCUT2D eigenvalue weighted by atomic mass is 15.1. The van der Waals surface area contributed by atoms with E-state index in [1.165, 1.54) is 87.5 Å². The van der Waals surface area contributed by atoms with Gasteiger partial charge in [0.2, 0.25) is 0 Å². The molecule has 0 aliphatic rings. The minimum Gasteiger partial charge on any atom is -0.310 e. The predicted octanol–water partition coefficient (Wildman–Crippen LogP) is 16.7. The second kappa shape index (κ2) is 14.8. The van der Waals surface area contributed by atoms with Crippen LogP contribution in [0.4, 0.5) is 17.1 Å². The van der Waals surface area contributed by atoms with E-state index in [2.05, 4.69) is 252 Å². The van der Waals surface area contributed by atoms with Gasteiger partial charge in [-0.3, -0.25) is 0 Å². The fraction of sp³-hybridized carbons (Fsp3) is 0. The molecule has 2 nitrogen and oxygen atoms in total. The number of fused-ring (bicyclic) bond motifs is 8. The molecule has 0 unspecified atom stereocenters. The summed E-state index contributed by atoms with van der Waals surface area (Å²) in [5, 5.41) is 9.93. The second-order valence-corrected chi connectivity index (χ2v) is 16.1. The molecule has 2 heteroatoms. The van der Waals surface area contributed by atoms with Crippen molar-refractivity contribution in [1.29, 1.82) is 0 Å². The smallest absolute Gasteiger partial charge is 0.0547 e. The highest BCUT2D eigenvalue weighted by Crippen LogP contribution is 2.46. The quantitative estimate of drug-likeness (QED) is 0.146. The van der Waals surface area contributed by atoms with Gasteiger partial charge >= 0.3 is 0 Å². The molecule has 0 bridgehead atoms. The lowest BCUT2D eigenvalue weighted by molar-refractivity contribution is 1.18. The molecule has 12 aromatic rings. The van der Waals surface area contributed by atoms with Crippen LogP contribution in [0.25, 0.3) is 93.2 Å². The van der Waals surface area contributed by atoms with Crippen LogP contribution in [0.5, 0.6) is 0 Å². The summed E-state index contributed by atoms with van der Waals surface area (Å²) in [5.74, 6) is 0. The molecule has 11 aromatic carbocycles. The first-order valence-electron chi connectivity index (χ1n) is 21.3. The normalized spacial score (nSPS) is 11.5. The van der Waals surface area contributed by atoms with Crippen LogP contribution in [0.2, 0.25) is 0 Å². The second-order valence-electron chi connectivity index (χ2n) is 16.1. The first kappa shape index (κ1) is 35.7. The molecular weight excluding hydrogens is 749 g/mol. The van der Waals surface area contributed by atoms with Crippen LogP contribution < -0.4 is 4.90 Å². The number of para-hydroxylation sites is 1. The summed E-state index contributed by atoms with van der Waals surface area (Å²) in [7, 11) is 0. The molecule has 0 fully saturated rings. The third-order valence-electron chi connectivity index (χ3n) is 12.5. The van der Waals surface area contributed by atoms with Gasteiger partial charge < -0.3 is 9.47 Å². The molecule has 0 amide bonds. The Morgan fingerprint density at radius 3 is 1.58 bits per heavy atom. The van der Waals surface area contributed by atoms with Crippen molar-refractivity contribution in [2.24, 2.45) is 0 Å². The van der Waals surface area contributed by atoms with Gasteiger partial charge in [-0.05, 0) is 115 Å². The van der Waals surface area contributed by atoms with Crippen LogP contribution in [-0.4, -0.2) is 4.57 Å². The van der Waals surface area contributed by atoms with E-state index >= 15 is 0 Å². The molecule has 0 saturated heterocycles. The highest BCUT2D eigenvalue weighted by Gasteiger charge is 2.21. The maximum Gasteiger partial charge on any atom is 0.0547 e. The van der Waals surface area contributed by atoms with Crippen molar-refractivity contribution in [3.8, 4) is 39.1 Å². The van der Waals surface area contributed by atoms with E-state index in [-0.39, 0.29) is 0 Å². The molecular formula is C60H40N2. The van der Waals surface area contributed by atoms with Gasteiger partial charge in [-0.15, -0.1) is 0 Å². The van der Waals surface area contributed by atoms with Crippen LogP contribution in [0, 0.1) is 0 Å². The van der Waals surface area contributed by atoms with E-state index < -0.39 is 0 Å². The third kappa shape index (κ3) is 5.96. The Bertz CT molecular complexity index is 3600. The largest absolute Gasteiger partial charge is 0.310 e. The Hall–Kier alpha value is -8.20. The third-order valence-corrected chi connectivity index (χ3v) is 12.5. The van der Waals surface area contributed by atoms with Crippen molar-refractivity contribution < 1.29 is 0 Å². The Labute approximate surface area is 360 Å². The fourth-order valence-corrected chi connectivity index (χ4v) is 9.67. The van der Waals surface area contributed by atoms with Crippen LogP contribution >= 0.6 is 0 Å². The summed E-state index contributed by atoms with van der Waals surface area (Å²) in [6, 6.07) is 88.5. The predicted molar refractivity (Wildman–Crippen MR) is 264 cm³/mol. The minimum atomic E-state index is 1.09.